The van der Waals surface area contributed by atoms with Crippen LogP contribution in [0.5, 0.6) is 0 Å². The number of hydrogen-bond acceptors (Lipinski definition) is 10. The van der Waals surface area contributed by atoms with Gasteiger partial charge in [0.25, 0.3) is 0 Å². The molecule has 5 saturated carbocycles. The maximum Gasteiger partial charge on any atom is 0.170 e. The average Bonchev–Trinajstić information content (AvgIpc) is 3.68. The van der Waals surface area contributed by atoms with Crippen molar-refractivity contribution in [2.24, 2.45) is 50.7 Å². The molecular weight excluding hydrogens is 684 g/mol. The summed E-state index contributed by atoms with van der Waals surface area (Å²) in [7, 11) is 0. The van der Waals surface area contributed by atoms with Gasteiger partial charge in [0.15, 0.2) is 6.29 Å². The number of aliphatic hydroxyl groups excluding tert-OH is 1. The summed E-state index contributed by atoms with van der Waals surface area (Å²) in [6.45, 7) is 26.4. The summed E-state index contributed by atoms with van der Waals surface area (Å²) in [4.78, 5) is 4.44. The van der Waals surface area contributed by atoms with Gasteiger partial charge in [-0.3, -0.25) is 9.80 Å². The molecule has 0 aromatic rings. The van der Waals surface area contributed by atoms with Crippen molar-refractivity contribution in [3.8, 4) is 0 Å². The molecule has 0 amide bonds. The summed E-state index contributed by atoms with van der Waals surface area (Å²) in [6.07, 6.45) is 7.40. The molecule has 310 valence electrons. The van der Waals surface area contributed by atoms with Gasteiger partial charge < -0.3 is 39.4 Å². The third kappa shape index (κ3) is 5.98. The van der Waals surface area contributed by atoms with Gasteiger partial charge >= 0.3 is 0 Å². The van der Waals surface area contributed by atoms with Crippen LogP contribution in [-0.2, 0) is 18.9 Å². The normalized spacial score (nSPS) is 49.1. The molecule has 0 radical (unpaired) electrons. The molecule has 4 N–H and O–H groups in total. The highest BCUT2D eigenvalue weighted by atomic mass is 16.7. The van der Waals surface area contributed by atoms with Gasteiger partial charge in [-0.2, -0.15) is 0 Å². The Bertz CT molecular complexity index is 1410. The molecule has 0 aromatic heterocycles. The molecule has 8 aliphatic rings. The fourth-order valence-corrected chi connectivity index (χ4v) is 15.7. The van der Waals surface area contributed by atoms with Gasteiger partial charge in [-0.15, -0.1) is 0 Å². The zero-order valence-corrected chi connectivity index (χ0v) is 35.4. The van der Waals surface area contributed by atoms with Crippen LogP contribution in [0.4, 0.5) is 0 Å². The van der Waals surface area contributed by atoms with Crippen molar-refractivity contribution in [1.82, 2.24) is 9.80 Å². The van der Waals surface area contributed by atoms with E-state index in [9.17, 15) is 20.4 Å². The largest absolute Gasteiger partial charge is 0.390 e. The summed E-state index contributed by atoms with van der Waals surface area (Å²) >= 11 is 0. The molecule has 2 spiro atoms. The molecular formula is C44H76N2O8. The van der Waals surface area contributed by atoms with Gasteiger partial charge in [0.2, 0.25) is 0 Å². The number of rotatable bonds is 10. The summed E-state index contributed by atoms with van der Waals surface area (Å²) < 4.78 is 26.4. The Hall–Kier alpha value is -0.400. The molecule has 3 aliphatic heterocycles. The van der Waals surface area contributed by atoms with Gasteiger partial charge in [-0.05, 0) is 131 Å². The Morgan fingerprint density at radius 3 is 2.28 bits per heavy atom. The van der Waals surface area contributed by atoms with E-state index in [-0.39, 0.29) is 52.2 Å². The first kappa shape index (κ1) is 40.4. The van der Waals surface area contributed by atoms with Crippen molar-refractivity contribution in [1.29, 1.82) is 0 Å². The first-order chi connectivity index (χ1) is 25.0. The highest BCUT2D eigenvalue weighted by Gasteiger charge is 2.84. The molecule has 8 fully saturated rings. The van der Waals surface area contributed by atoms with Crippen LogP contribution < -0.4 is 0 Å². The van der Waals surface area contributed by atoms with Crippen LogP contribution in [0.15, 0.2) is 0 Å². The quantitative estimate of drug-likeness (QED) is 0.246. The standard InChI is InChI=1S/C44H76N2O8/c1-11-51-36(39(7,8)49)28-20-27(2)33-34(53-28)35(47)41(10)30-13-12-29-38(5,6)31(14-15-43(29)22-44(30,43)17-16-40(33,41)9)54-32-21-45(18-19-52-32)24-42(50)25-46(26-42)23-37(3,4)48/h27-36,47-50H,11-26H2,1-10H3/t27-,28-,29+,30+,31+,32+,33+,34+,35+,36+,40-,41-,43-,44+/m1/s1. The highest BCUT2D eigenvalue weighted by Crippen LogP contribution is 2.89. The van der Waals surface area contributed by atoms with Crippen LogP contribution >= 0.6 is 0 Å². The molecule has 5 aliphatic carbocycles. The Morgan fingerprint density at radius 1 is 0.926 bits per heavy atom. The van der Waals surface area contributed by atoms with Crippen LogP contribution in [0, 0.1) is 50.7 Å². The van der Waals surface area contributed by atoms with Crippen molar-refractivity contribution >= 4 is 0 Å². The Morgan fingerprint density at radius 2 is 1.61 bits per heavy atom. The summed E-state index contributed by atoms with van der Waals surface area (Å²) in [6, 6.07) is 0. The number of β-amino-alcohol motifs (C(OH)–C–C–N with tert-alkyl or cyclic N) is 2. The minimum absolute atomic E-state index is 0.00228. The second kappa shape index (κ2) is 13.0. The number of hydrogen-bond donors (Lipinski definition) is 4. The maximum atomic E-state index is 12.7. The fraction of sp³-hybridized carbons (Fsp3) is 1.00. The minimum Gasteiger partial charge on any atom is -0.390 e. The molecule has 8 rings (SSSR count). The number of likely N-dealkylation sites (tertiary alicyclic amines) is 1. The fourth-order valence-electron chi connectivity index (χ4n) is 15.7. The first-order valence-electron chi connectivity index (χ1n) is 21.9. The molecule has 3 heterocycles. The van der Waals surface area contributed by atoms with Crippen molar-refractivity contribution in [2.45, 2.75) is 174 Å². The lowest BCUT2D eigenvalue weighted by Gasteiger charge is -2.64. The van der Waals surface area contributed by atoms with Crippen LogP contribution in [0.1, 0.15) is 121 Å². The average molecular weight is 761 g/mol. The van der Waals surface area contributed by atoms with Gasteiger partial charge in [-0.25, -0.2) is 0 Å². The van der Waals surface area contributed by atoms with E-state index in [1.807, 2.05) is 34.6 Å². The van der Waals surface area contributed by atoms with Crippen molar-refractivity contribution in [2.75, 3.05) is 52.5 Å². The number of morpholine rings is 1. The summed E-state index contributed by atoms with van der Waals surface area (Å²) in [5.74, 6) is 1.69. The van der Waals surface area contributed by atoms with E-state index < -0.39 is 29.0 Å². The predicted molar refractivity (Wildman–Crippen MR) is 207 cm³/mol. The van der Waals surface area contributed by atoms with Crippen molar-refractivity contribution < 1.29 is 39.4 Å². The van der Waals surface area contributed by atoms with Gasteiger partial charge in [-0.1, -0.05) is 34.6 Å². The van der Waals surface area contributed by atoms with E-state index in [2.05, 4.69) is 44.4 Å². The molecule has 0 unspecified atom stereocenters. The molecule has 14 atom stereocenters. The van der Waals surface area contributed by atoms with Crippen molar-refractivity contribution in [3.63, 3.8) is 0 Å². The minimum atomic E-state index is -1.03. The third-order valence-corrected chi connectivity index (χ3v) is 17.7. The van der Waals surface area contributed by atoms with Gasteiger partial charge in [0, 0.05) is 51.3 Å². The molecule has 0 bridgehead atoms. The monoisotopic (exact) mass is 761 g/mol. The van der Waals surface area contributed by atoms with Crippen LogP contribution in [0.3, 0.4) is 0 Å². The Kier molecular flexibility index (Phi) is 9.76. The number of fused-ring (bicyclic) bond motifs is 4. The predicted octanol–water partition coefficient (Wildman–Crippen LogP) is 4.84. The van der Waals surface area contributed by atoms with E-state index >= 15 is 0 Å². The lowest BCUT2D eigenvalue weighted by molar-refractivity contribution is -0.252. The van der Waals surface area contributed by atoms with E-state index in [1.54, 1.807) is 0 Å². The topological polar surface area (TPSA) is 124 Å². The Balaban J connectivity index is 0.951. The lowest BCUT2D eigenvalue weighted by atomic mass is 9.41. The zero-order chi connectivity index (χ0) is 39.1. The number of ether oxygens (including phenoxy) is 4. The first-order valence-corrected chi connectivity index (χ1v) is 21.9. The van der Waals surface area contributed by atoms with Crippen molar-refractivity contribution in [3.05, 3.63) is 0 Å². The zero-order valence-electron chi connectivity index (χ0n) is 35.4. The SMILES string of the molecule is CCO[C@@H]([C@H]1C[C@@H](C)[C@H]2[C@H](O1)[C@H](O)[C@@]1(C)[C@@H]3CC[C@H]4C(C)(C)[C@@H](O[C@H]5CN(CC6(O)CN(CC(C)(C)O)C6)CCO5)CC[C@@]45C[C@@]35CC[C@]21C)C(C)(C)O. The maximum absolute atomic E-state index is 12.7. The third-order valence-electron chi connectivity index (χ3n) is 17.7. The number of nitrogens with zero attached hydrogens (tertiary/aromatic N) is 2. The van der Waals surface area contributed by atoms with Crippen LogP contribution in [-0.4, -0.2) is 136 Å². The lowest BCUT2D eigenvalue weighted by Crippen LogP contribution is -2.68. The van der Waals surface area contributed by atoms with Gasteiger partial charge in [0.05, 0.1) is 42.2 Å². The summed E-state index contributed by atoms with van der Waals surface area (Å²) in [5, 5.41) is 45.2. The van der Waals surface area contributed by atoms with E-state index in [0.717, 1.165) is 32.2 Å². The molecule has 10 heteroatoms. The van der Waals surface area contributed by atoms with E-state index in [4.69, 9.17) is 18.9 Å². The molecule has 3 saturated heterocycles. The molecule has 0 aromatic carbocycles. The van der Waals surface area contributed by atoms with E-state index in [0.29, 0.717) is 69.1 Å². The van der Waals surface area contributed by atoms with Gasteiger partial charge in [0.1, 0.15) is 11.7 Å². The Labute approximate surface area is 326 Å². The smallest absolute Gasteiger partial charge is 0.170 e. The highest BCUT2D eigenvalue weighted by molar-refractivity contribution is 5.33. The van der Waals surface area contributed by atoms with E-state index in [1.165, 1.54) is 25.7 Å². The number of aliphatic hydroxyl groups is 4. The summed E-state index contributed by atoms with van der Waals surface area (Å²) in [5.41, 5.74) is -2.23. The second-order valence-electron chi connectivity index (χ2n) is 22.4. The second-order valence-corrected chi connectivity index (χ2v) is 22.4. The van der Waals surface area contributed by atoms with Crippen LogP contribution in [0.2, 0.25) is 0 Å². The molecule has 54 heavy (non-hydrogen) atoms. The molecule has 10 nitrogen and oxygen atoms in total. The van der Waals surface area contributed by atoms with Crippen LogP contribution in [0.25, 0.3) is 0 Å².